The molecule has 1 atom stereocenters. The average Bonchev–Trinajstić information content (AvgIpc) is 2.08. The molecular weight excluding hydrogens is 168 g/mol. The number of carbonyl (C=O) groups excluding carboxylic acids is 1. The zero-order valence-electron chi connectivity index (χ0n) is 7.16. The summed E-state index contributed by atoms with van der Waals surface area (Å²) in [7, 11) is 0. The summed E-state index contributed by atoms with van der Waals surface area (Å²) >= 11 is 0. The highest BCUT2D eigenvalue weighted by atomic mass is 16.3. The second kappa shape index (κ2) is 2.39. The van der Waals surface area contributed by atoms with Crippen LogP contribution in [-0.4, -0.2) is 16.6 Å². The Morgan fingerprint density at radius 3 is 3.08 bits per heavy atom. The van der Waals surface area contributed by atoms with Gasteiger partial charge in [-0.1, -0.05) is 0 Å². The van der Waals surface area contributed by atoms with Gasteiger partial charge in [0.1, 0.15) is 5.76 Å². The quantitative estimate of drug-likeness (QED) is 0.500. The fourth-order valence-corrected chi connectivity index (χ4v) is 1.36. The molecule has 2 heterocycles. The van der Waals surface area contributed by atoms with Gasteiger partial charge < -0.3 is 15.7 Å². The molecule has 13 heavy (non-hydrogen) atoms. The first-order chi connectivity index (χ1) is 6.10. The molecule has 0 saturated heterocycles. The van der Waals surface area contributed by atoms with Crippen LogP contribution in [0.3, 0.4) is 0 Å². The summed E-state index contributed by atoms with van der Waals surface area (Å²) < 4.78 is 0. The summed E-state index contributed by atoms with van der Waals surface area (Å²) in [6, 6.07) is 0. The molecule has 0 aromatic rings. The first-order valence-electron chi connectivity index (χ1n) is 3.99. The molecule has 68 valence electrons. The number of dihydropyridines is 1. The maximum Gasteiger partial charge on any atom is 0.247 e. The summed E-state index contributed by atoms with van der Waals surface area (Å²) in [5.74, 6) is -0.0525. The predicted molar refractivity (Wildman–Crippen MR) is 47.6 cm³/mol. The van der Waals surface area contributed by atoms with Crippen molar-refractivity contribution in [2.45, 2.75) is 12.5 Å². The van der Waals surface area contributed by atoms with Gasteiger partial charge in [-0.15, -0.1) is 0 Å². The SMILES string of the molecule is CC12C=CC(=O)NC1=CC(O)=CN2. The number of aliphatic hydroxyl groups is 1. The fraction of sp³-hybridized carbons (Fsp3) is 0.222. The molecule has 0 spiro atoms. The summed E-state index contributed by atoms with van der Waals surface area (Å²) in [6.45, 7) is 1.91. The van der Waals surface area contributed by atoms with Crippen LogP contribution >= 0.6 is 0 Å². The van der Waals surface area contributed by atoms with Crippen LogP contribution < -0.4 is 10.6 Å². The van der Waals surface area contributed by atoms with Crippen molar-refractivity contribution in [3.63, 3.8) is 0 Å². The van der Waals surface area contributed by atoms with Crippen LogP contribution in [0.5, 0.6) is 0 Å². The molecule has 0 aromatic heterocycles. The molecule has 1 amide bonds. The van der Waals surface area contributed by atoms with Gasteiger partial charge in [0.2, 0.25) is 5.91 Å². The number of aliphatic hydroxyl groups excluding tert-OH is 1. The molecule has 0 saturated carbocycles. The minimum atomic E-state index is -0.403. The number of nitrogens with one attached hydrogen (secondary N) is 2. The van der Waals surface area contributed by atoms with Gasteiger partial charge in [0.05, 0.1) is 11.2 Å². The van der Waals surface area contributed by atoms with Crippen LogP contribution in [0.25, 0.3) is 0 Å². The molecule has 0 fully saturated rings. The second-order valence-corrected chi connectivity index (χ2v) is 3.30. The van der Waals surface area contributed by atoms with Gasteiger partial charge in [-0.05, 0) is 13.0 Å². The van der Waals surface area contributed by atoms with Crippen LogP contribution in [0.15, 0.2) is 35.9 Å². The lowest BCUT2D eigenvalue weighted by Gasteiger charge is -2.34. The van der Waals surface area contributed by atoms with Crippen molar-refractivity contribution >= 4 is 5.91 Å². The van der Waals surface area contributed by atoms with Crippen LogP contribution in [0.1, 0.15) is 6.92 Å². The summed E-state index contributed by atoms with van der Waals surface area (Å²) in [6.07, 6.45) is 6.28. The lowest BCUT2D eigenvalue weighted by molar-refractivity contribution is -0.116. The number of hydrogen-bond donors (Lipinski definition) is 3. The average molecular weight is 178 g/mol. The zero-order valence-corrected chi connectivity index (χ0v) is 7.16. The Bertz CT molecular complexity index is 355. The van der Waals surface area contributed by atoms with E-state index in [-0.39, 0.29) is 11.7 Å². The molecule has 0 aliphatic carbocycles. The van der Waals surface area contributed by atoms with Gasteiger partial charge >= 0.3 is 0 Å². The van der Waals surface area contributed by atoms with E-state index in [0.717, 1.165) is 0 Å². The molecular formula is C9H10N2O2. The van der Waals surface area contributed by atoms with E-state index in [4.69, 9.17) is 0 Å². The normalized spacial score (nSPS) is 31.0. The molecule has 3 N–H and O–H groups in total. The Labute approximate surface area is 75.6 Å². The summed E-state index contributed by atoms with van der Waals surface area (Å²) in [5.41, 5.74) is 0.264. The Hall–Kier alpha value is -1.71. The Balaban J connectivity index is 2.43. The maximum atomic E-state index is 11.0. The highest BCUT2D eigenvalue weighted by Gasteiger charge is 2.31. The molecule has 1 unspecified atom stereocenters. The third-order valence-electron chi connectivity index (χ3n) is 2.20. The second-order valence-electron chi connectivity index (χ2n) is 3.30. The van der Waals surface area contributed by atoms with Crippen molar-refractivity contribution in [3.8, 4) is 0 Å². The number of carbonyl (C=O) groups is 1. The fourth-order valence-electron chi connectivity index (χ4n) is 1.36. The molecule has 2 rings (SSSR count). The van der Waals surface area contributed by atoms with Crippen LogP contribution in [0.4, 0.5) is 0 Å². The van der Waals surface area contributed by atoms with Gasteiger partial charge in [-0.3, -0.25) is 4.79 Å². The Kier molecular flexibility index (Phi) is 1.45. The molecule has 0 radical (unpaired) electrons. The van der Waals surface area contributed by atoms with Gasteiger partial charge in [-0.2, -0.15) is 0 Å². The third kappa shape index (κ3) is 1.20. The van der Waals surface area contributed by atoms with Crippen LogP contribution in [0.2, 0.25) is 0 Å². The van der Waals surface area contributed by atoms with Gasteiger partial charge in [0.25, 0.3) is 0 Å². The minimum absolute atomic E-state index is 0.114. The standard InChI is InChI=1S/C9H10N2O2/c1-9-3-2-8(13)11-7(9)4-6(12)5-10-9/h2-5,10,12H,1H3,(H,11,13). The number of hydrogen-bond acceptors (Lipinski definition) is 3. The number of amides is 1. The van der Waals surface area contributed by atoms with Crippen molar-refractivity contribution in [2.75, 3.05) is 0 Å². The molecule has 4 nitrogen and oxygen atoms in total. The van der Waals surface area contributed by atoms with E-state index < -0.39 is 5.54 Å². The molecule has 4 heteroatoms. The monoisotopic (exact) mass is 178 g/mol. The molecule has 0 bridgehead atoms. The lowest BCUT2D eigenvalue weighted by Crippen LogP contribution is -2.50. The van der Waals surface area contributed by atoms with E-state index in [1.54, 1.807) is 6.08 Å². The number of rotatable bonds is 0. The maximum absolute atomic E-state index is 11.0. The first-order valence-corrected chi connectivity index (χ1v) is 3.99. The van der Waals surface area contributed by atoms with Crippen molar-refractivity contribution < 1.29 is 9.90 Å². The van der Waals surface area contributed by atoms with Crippen molar-refractivity contribution in [1.29, 1.82) is 0 Å². The number of fused-ring (bicyclic) bond motifs is 1. The highest BCUT2D eigenvalue weighted by molar-refractivity contribution is 5.91. The first kappa shape index (κ1) is 7.91. The Morgan fingerprint density at radius 2 is 2.31 bits per heavy atom. The largest absolute Gasteiger partial charge is 0.506 e. The van der Waals surface area contributed by atoms with E-state index >= 15 is 0 Å². The molecule has 0 aromatic carbocycles. The summed E-state index contributed by atoms with van der Waals surface area (Å²) in [5, 5.41) is 14.8. The Morgan fingerprint density at radius 1 is 1.54 bits per heavy atom. The third-order valence-corrected chi connectivity index (χ3v) is 2.20. The van der Waals surface area contributed by atoms with Gasteiger partial charge in [0.15, 0.2) is 0 Å². The van der Waals surface area contributed by atoms with E-state index in [1.165, 1.54) is 18.4 Å². The lowest BCUT2D eigenvalue weighted by atomic mass is 9.92. The molecule has 2 aliphatic heterocycles. The van der Waals surface area contributed by atoms with Crippen molar-refractivity contribution in [1.82, 2.24) is 10.6 Å². The van der Waals surface area contributed by atoms with E-state index in [1.807, 2.05) is 6.92 Å². The van der Waals surface area contributed by atoms with E-state index in [2.05, 4.69) is 10.6 Å². The van der Waals surface area contributed by atoms with Crippen molar-refractivity contribution in [2.24, 2.45) is 0 Å². The van der Waals surface area contributed by atoms with Crippen molar-refractivity contribution in [3.05, 3.63) is 35.9 Å². The van der Waals surface area contributed by atoms with Crippen LogP contribution in [-0.2, 0) is 4.79 Å². The zero-order chi connectivity index (χ0) is 9.47. The summed E-state index contributed by atoms with van der Waals surface area (Å²) in [4.78, 5) is 11.0. The van der Waals surface area contributed by atoms with Crippen LogP contribution in [0, 0.1) is 0 Å². The van der Waals surface area contributed by atoms with E-state index in [9.17, 15) is 9.90 Å². The van der Waals surface area contributed by atoms with Gasteiger partial charge in [-0.25, -0.2) is 0 Å². The predicted octanol–water partition coefficient (Wildman–Crippen LogP) is 0.318. The smallest absolute Gasteiger partial charge is 0.247 e. The number of allylic oxidation sites excluding steroid dienone is 1. The van der Waals surface area contributed by atoms with Gasteiger partial charge in [0, 0.05) is 18.4 Å². The highest BCUT2D eigenvalue weighted by Crippen LogP contribution is 2.23. The topological polar surface area (TPSA) is 61.4 Å². The minimum Gasteiger partial charge on any atom is -0.506 e. The molecule has 2 aliphatic rings. The van der Waals surface area contributed by atoms with E-state index in [0.29, 0.717) is 5.70 Å².